The molecule has 1 atom stereocenters. The largest absolute Gasteiger partial charge is 0.478 e. The number of hydrogen-bond acceptors (Lipinski definition) is 4. The van der Waals surface area contributed by atoms with E-state index < -0.39 is 5.97 Å². The van der Waals surface area contributed by atoms with Gasteiger partial charge in [-0.05, 0) is 6.42 Å². The molecule has 1 rings (SSSR count). The Hall–Kier alpha value is -0.910. The number of aliphatic hydroxyl groups excluding tert-OH is 1. The molecule has 0 radical (unpaired) electrons. The molecule has 5 nitrogen and oxygen atoms in total. The van der Waals surface area contributed by atoms with Crippen molar-refractivity contribution in [1.82, 2.24) is 4.90 Å². The molecule has 1 aliphatic rings. The fourth-order valence-corrected chi connectivity index (χ4v) is 1.68. The second-order valence-electron chi connectivity index (χ2n) is 3.82. The summed E-state index contributed by atoms with van der Waals surface area (Å²) in [5.74, 6) is -0.852. The third-order valence-electron chi connectivity index (χ3n) is 2.68. The molecule has 0 aromatic rings. The number of hydrogen-bond donors (Lipinski definition) is 2. The van der Waals surface area contributed by atoms with E-state index in [1.165, 1.54) is 0 Å². The summed E-state index contributed by atoms with van der Waals surface area (Å²) < 4.78 is 5.31. The molecule has 0 bridgehead atoms. The summed E-state index contributed by atoms with van der Waals surface area (Å²) in [7, 11) is 0. The lowest BCUT2D eigenvalue weighted by atomic mass is 10.2. The molecule has 0 aliphatic carbocycles. The van der Waals surface area contributed by atoms with E-state index in [4.69, 9.17) is 14.9 Å². The van der Waals surface area contributed by atoms with E-state index in [2.05, 4.69) is 4.90 Å². The summed E-state index contributed by atoms with van der Waals surface area (Å²) in [6.07, 6.45) is 2.13. The van der Waals surface area contributed by atoms with E-state index in [0.717, 1.165) is 6.54 Å². The zero-order chi connectivity index (χ0) is 12.0. The highest BCUT2D eigenvalue weighted by molar-refractivity contribution is 5.86. The summed E-state index contributed by atoms with van der Waals surface area (Å²) in [5.41, 5.74) is 0.437. The van der Waals surface area contributed by atoms with Gasteiger partial charge in [0.25, 0.3) is 0 Å². The second-order valence-corrected chi connectivity index (χ2v) is 3.82. The highest BCUT2D eigenvalue weighted by atomic mass is 16.5. The zero-order valence-electron chi connectivity index (χ0n) is 9.56. The minimum atomic E-state index is -0.852. The van der Waals surface area contributed by atoms with Gasteiger partial charge in [-0.25, -0.2) is 4.79 Å². The lowest BCUT2D eigenvalue weighted by Gasteiger charge is -2.31. The van der Waals surface area contributed by atoms with E-state index >= 15 is 0 Å². The van der Waals surface area contributed by atoms with Crippen molar-refractivity contribution in [3.63, 3.8) is 0 Å². The van der Waals surface area contributed by atoms with Crippen LogP contribution in [-0.2, 0) is 9.53 Å². The molecule has 0 spiro atoms. The van der Waals surface area contributed by atoms with Gasteiger partial charge in [0.2, 0.25) is 0 Å². The van der Waals surface area contributed by atoms with Crippen LogP contribution in [0.3, 0.4) is 0 Å². The van der Waals surface area contributed by atoms with E-state index in [1.54, 1.807) is 6.08 Å². The average molecular weight is 229 g/mol. The number of rotatable bonds is 5. The van der Waals surface area contributed by atoms with Crippen molar-refractivity contribution in [1.29, 1.82) is 0 Å². The Bertz CT molecular complexity index is 265. The third-order valence-corrected chi connectivity index (χ3v) is 2.68. The van der Waals surface area contributed by atoms with Crippen LogP contribution in [0.5, 0.6) is 0 Å². The molecule has 0 aromatic carbocycles. The monoisotopic (exact) mass is 229 g/mol. The Labute approximate surface area is 95.3 Å². The van der Waals surface area contributed by atoms with Crippen LogP contribution in [-0.4, -0.2) is 60.0 Å². The average Bonchev–Trinajstić information content (AvgIpc) is 2.29. The van der Waals surface area contributed by atoms with Gasteiger partial charge in [-0.15, -0.1) is 0 Å². The van der Waals surface area contributed by atoms with Crippen molar-refractivity contribution in [2.24, 2.45) is 0 Å². The molecular weight excluding hydrogens is 210 g/mol. The lowest BCUT2D eigenvalue weighted by Crippen LogP contribution is -2.44. The summed E-state index contributed by atoms with van der Waals surface area (Å²) in [5, 5.41) is 17.8. The van der Waals surface area contributed by atoms with Gasteiger partial charge in [0.1, 0.15) is 0 Å². The molecule has 0 aromatic heterocycles. The molecule has 0 amide bonds. The van der Waals surface area contributed by atoms with Crippen molar-refractivity contribution in [2.45, 2.75) is 19.4 Å². The quantitative estimate of drug-likeness (QED) is 0.654. The first-order chi connectivity index (χ1) is 7.67. The number of morpholine rings is 1. The number of aliphatic carboxylic acids is 1. The molecule has 1 saturated heterocycles. The van der Waals surface area contributed by atoms with Gasteiger partial charge >= 0.3 is 5.97 Å². The normalized spacial score (nSPS) is 23.4. The number of carboxylic acids is 1. The predicted molar refractivity (Wildman–Crippen MR) is 59.3 cm³/mol. The highest BCUT2D eigenvalue weighted by Gasteiger charge is 2.18. The molecular formula is C11H19NO4. The minimum absolute atomic E-state index is 0.0137. The van der Waals surface area contributed by atoms with E-state index in [-0.39, 0.29) is 12.7 Å². The second kappa shape index (κ2) is 6.62. The van der Waals surface area contributed by atoms with Crippen molar-refractivity contribution in [3.8, 4) is 0 Å². The molecule has 1 aliphatic heterocycles. The first-order valence-electron chi connectivity index (χ1n) is 5.54. The smallest absolute Gasteiger partial charge is 0.331 e. The fourth-order valence-electron chi connectivity index (χ4n) is 1.68. The zero-order valence-corrected chi connectivity index (χ0v) is 9.56. The summed E-state index contributed by atoms with van der Waals surface area (Å²) >= 11 is 0. The molecule has 1 unspecified atom stereocenters. The summed E-state index contributed by atoms with van der Waals surface area (Å²) in [6, 6.07) is 0. The van der Waals surface area contributed by atoms with Gasteiger partial charge in [0, 0.05) is 25.2 Å². The molecule has 92 valence electrons. The van der Waals surface area contributed by atoms with Gasteiger partial charge in [-0.2, -0.15) is 0 Å². The molecule has 5 heteroatoms. The Morgan fingerprint density at radius 2 is 2.38 bits per heavy atom. The van der Waals surface area contributed by atoms with Crippen LogP contribution < -0.4 is 0 Å². The van der Waals surface area contributed by atoms with Crippen LogP contribution in [0.1, 0.15) is 13.3 Å². The highest BCUT2D eigenvalue weighted by Crippen LogP contribution is 2.06. The van der Waals surface area contributed by atoms with Crippen LogP contribution in [0, 0.1) is 0 Å². The predicted octanol–water partition coefficient (Wildman–Crippen LogP) is 0.101. The van der Waals surface area contributed by atoms with Crippen molar-refractivity contribution < 1.29 is 19.7 Å². The van der Waals surface area contributed by atoms with Gasteiger partial charge < -0.3 is 14.9 Å². The number of aliphatic hydroxyl groups is 1. The third kappa shape index (κ3) is 3.92. The van der Waals surface area contributed by atoms with Crippen molar-refractivity contribution in [3.05, 3.63) is 11.6 Å². The van der Waals surface area contributed by atoms with Crippen LogP contribution in [0.2, 0.25) is 0 Å². The van der Waals surface area contributed by atoms with Crippen molar-refractivity contribution >= 4 is 5.97 Å². The Kier molecular flexibility index (Phi) is 5.45. The Morgan fingerprint density at radius 1 is 1.62 bits per heavy atom. The van der Waals surface area contributed by atoms with E-state index in [9.17, 15) is 4.79 Å². The van der Waals surface area contributed by atoms with Gasteiger partial charge in [-0.1, -0.05) is 13.0 Å². The standard InChI is InChI=1S/C11H19NO4/c1-2-9(11(14)15)3-4-12-5-6-16-10(7-12)8-13/h3,10,13H,2,4-8H2,1H3,(H,14,15). The Balaban J connectivity index is 2.44. The van der Waals surface area contributed by atoms with Crippen LogP contribution >= 0.6 is 0 Å². The van der Waals surface area contributed by atoms with E-state index in [1.807, 2.05) is 6.92 Å². The van der Waals surface area contributed by atoms with Crippen LogP contribution in [0.4, 0.5) is 0 Å². The van der Waals surface area contributed by atoms with Crippen molar-refractivity contribution in [2.75, 3.05) is 32.8 Å². The number of ether oxygens (including phenoxy) is 1. The van der Waals surface area contributed by atoms with Gasteiger partial charge in [0.05, 0.1) is 19.3 Å². The first kappa shape index (κ1) is 13.2. The van der Waals surface area contributed by atoms with Gasteiger partial charge in [0.15, 0.2) is 0 Å². The molecule has 1 heterocycles. The lowest BCUT2D eigenvalue weighted by molar-refractivity contribution is -0.132. The molecule has 1 fully saturated rings. The van der Waals surface area contributed by atoms with E-state index in [0.29, 0.717) is 31.7 Å². The topological polar surface area (TPSA) is 70.0 Å². The summed E-state index contributed by atoms with van der Waals surface area (Å²) in [4.78, 5) is 12.9. The SMILES string of the molecule is CCC(=CCN1CCOC(CO)C1)C(=O)O. The number of carboxylic acid groups (broad SMARTS) is 1. The van der Waals surface area contributed by atoms with Crippen LogP contribution in [0.15, 0.2) is 11.6 Å². The molecule has 0 saturated carbocycles. The maximum absolute atomic E-state index is 10.8. The number of carbonyl (C=O) groups is 1. The Morgan fingerprint density at radius 3 is 2.94 bits per heavy atom. The molecule has 16 heavy (non-hydrogen) atoms. The minimum Gasteiger partial charge on any atom is -0.478 e. The number of nitrogens with zero attached hydrogens (tertiary/aromatic N) is 1. The maximum Gasteiger partial charge on any atom is 0.331 e. The first-order valence-corrected chi connectivity index (χ1v) is 5.54. The van der Waals surface area contributed by atoms with Crippen LogP contribution in [0.25, 0.3) is 0 Å². The summed E-state index contributed by atoms with van der Waals surface area (Å²) in [6.45, 7) is 4.48. The molecule has 2 N–H and O–H groups in total. The van der Waals surface area contributed by atoms with Gasteiger partial charge in [-0.3, -0.25) is 4.90 Å². The maximum atomic E-state index is 10.8. The fraction of sp³-hybridized carbons (Fsp3) is 0.727.